The van der Waals surface area contributed by atoms with Crippen LogP contribution in [0.25, 0.3) is 0 Å². The SMILES string of the molecule is CNN1CCC(c2ccccc2)CC1. The fourth-order valence-corrected chi connectivity index (χ4v) is 2.16. The largest absolute Gasteiger partial charge is 0.258 e. The van der Waals surface area contributed by atoms with E-state index in [2.05, 4.69) is 40.8 Å². The first kappa shape index (κ1) is 9.69. The summed E-state index contributed by atoms with van der Waals surface area (Å²) >= 11 is 0. The average Bonchev–Trinajstić information content (AvgIpc) is 2.30. The Morgan fingerprint density at radius 3 is 2.36 bits per heavy atom. The monoisotopic (exact) mass is 190 g/mol. The van der Waals surface area contributed by atoms with E-state index in [0.717, 1.165) is 19.0 Å². The summed E-state index contributed by atoms with van der Waals surface area (Å²) in [5.41, 5.74) is 4.71. The normalized spacial score (nSPS) is 19.8. The number of nitrogens with one attached hydrogen (secondary N) is 1. The van der Waals surface area contributed by atoms with Crippen LogP contribution in [0.2, 0.25) is 0 Å². The fraction of sp³-hybridized carbons (Fsp3) is 0.500. The van der Waals surface area contributed by atoms with Crippen LogP contribution >= 0.6 is 0 Å². The molecule has 1 aromatic carbocycles. The molecule has 0 spiro atoms. The van der Waals surface area contributed by atoms with E-state index in [1.807, 2.05) is 7.05 Å². The number of hydrogen-bond acceptors (Lipinski definition) is 2. The van der Waals surface area contributed by atoms with E-state index in [1.165, 1.54) is 18.4 Å². The molecule has 14 heavy (non-hydrogen) atoms. The number of hydrogen-bond donors (Lipinski definition) is 1. The lowest BCUT2D eigenvalue weighted by molar-refractivity contribution is 0.159. The molecule has 2 nitrogen and oxygen atoms in total. The smallest absolute Gasteiger partial charge is 0.0136 e. The summed E-state index contributed by atoms with van der Waals surface area (Å²) in [6.07, 6.45) is 2.54. The van der Waals surface area contributed by atoms with E-state index in [0.29, 0.717) is 0 Å². The molecule has 2 rings (SSSR count). The Hall–Kier alpha value is -0.860. The zero-order valence-electron chi connectivity index (χ0n) is 8.74. The summed E-state index contributed by atoms with van der Waals surface area (Å²) in [7, 11) is 2.00. The van der Waals surface area contributed by atoms with Crippen molar-refractivity contribution in [2.24, 2.45) is 0 Å². The molecule has 0 bridgehead atoms. The Balaban J connectivity index is 1.96. The molecule has 0 aromatic heterocycles. The van der Waals surface area contributed by atoms with Gasteiger partial charge in [-0.3, -0.25) is 5.43 Å². The number of hydrazine groups is 1. The highest BCUT2D eigenvalue weighted by atomic mass is 15.5. The zero-order chi connectivity index (χ0) is 9.80. The van der Waals surface area contributed by atoms with Gasteiger partial charge in [-0.2, -0.15) is 0 Å². The van der Waals surface area contributed by atoms with Crippen LogP contribution in [0.15, 0.2) is 30.3 Å². The predicted octanol–water partition coefficient (Wildman–Crippen LogP) is 2.00. The van der Waals surface area contributed by atoms with E-state index in [4.69, 9.17) is 0 Å². The molecule has 1 aromatic rings. The highest BCUT2D eigenvalue weighted by molar-refractivity contribution is 5.19. The second-order valence-electron chi connectivity index (χ2n) is 3.90. The number of nitrogens with zero attached hydrogens (tertiary/aromatic N) is 1. The second kappa shape index (κ2) is 4.58. The Labute approximate surface area is 85.9 Å². The minimum Gasteiger partial charge on any atom is -0.258 e. The third-order valence-electron chi connectivity index (χ3n) is 3.08. The first-order chi connectivity index (χ1) is 6.90. The van der Waals surface area contributed by atoms with Gasteiger partial charge in [0.25, 0.3) is 0 Å². The standard InChI is InChI=1S/C12H18N2/c1-13-14-9-7-12(8-10-14)11-5-3-2-4-6-11/h2-6,12-13H,7-10H2,1H3. The molecule has 1 aliphatic rings. The van der Waals surface area contributed by atoms with Gasteiger partial charge in [-0.15, -0.1) is 0 Å². The van der Waals surface area contributed by atoms with Gasteiger partial charge in [-0.25, -0.2) is 5.01 Å². The topological polar surface area (TPSA) is 15.3 Å². The third-order valence-corrected chi connectivity index (χ3v) is 3.08. The van der Waals surface area contributed by atoms with Crippen molar-refractivity contribution < 1.29 is 0 Å². The van der Waals surface area contributed by atoms with Crippen LogP contribution in [0.1, 0.15) is 24.3 Å². The molecule has 1 aliphatic heterocycles. The molecule has 1 fully saturated rings. The van der Waals surface area contributed by atoms with Crippen molar-refractivity contribution in [2.75, 3.05) is 20.1 Å². The van der Waals surface area contributed by atoms with Crippen molar-refractivity contribution >= 4 is 0 Å². The zero-order valence-corrected chi connectivity index (χ0v) is 8.74. The molecule has 0 atom stereocenters. The fourth-order valence-electron chi connectivity index (χ4n) is 2.16. The lowest BCUT2D eigenvalue weighted by atomic mass is 9.90. The van der Waals surface area contributed by atoms with Gasteiger partial charge in [-0.1, -0.05) is 30.3 Å². The number of rotatable bonds is 2. The van der Waals surface area contributed by atoms with E-state index in [-0.39, 0.29) is 0 Å². The molecule has 1 heterocycles. The molecule has 1 N–H and O–H groups in total. The highest BCUT2D eigenvalue weighted by Crippen LogP contribution is 2.26. The quantitative estimate of drug-likeness (QED) is 0.767. The van der Waals surface area contributed by atoms with Gasteiger partial charge in [0.1, 0.15) is 0 Å². The van der Waals surface area contributed by atoms with Gasteiger partial charge in [-0.05, 0) is 31.4 Å². The first-order valence-corrected chi connectivity index (χ1v) is 5.37. The van der Waals surface area contributed by atoms with Crippen LogP contribution in [0.3, 0.4) is 0 Å². The lowest BCUT2D eigenvalue weighted by Gasteiger charge is -2.31. The van der Waals surface area contributed by atoms with Crippen LogP contribution in [-0.4, -0.2) is 25.1 Å². The summed E-state index contributed by atoms with van der Waals surface area (Å²) in [4.78, 5) is 0. The van der Waals surface area contributed by atoms with Crippen molar-refractivity contribution in [3.8, 4) is 0 Å². The summed E-state index contributed by atoms with van der Waals surface area (Å²) in [6, 6.07) is 10.9. The average molecular weight is 190 g/mol. The molecule has 0 radical (unpaired) electrons. The van der Waals surface area contributed by atoms with Crippen LogP contribution in [0.4, 0.5) is 0 Å². The molecule has 76 valence electrons. The van der Waals surface area contributed by atoms with E-state index < -0.39 is 0 Å². The molecule has 0 aliphatic carbocycles. The maximum absolute atomic E-state index is 3.21. The molecule has 0 saturated carbocycles. The summed E-state index contributed by atoms with van der Waals surface area (Å²) < 4.78 is 0. The van der Waals surface area contributed by atoms with Crippen LogP contribution in [0.5, 0.6) is 0 Å². The van der Waals surface area contributed by atoms with Crippen molar-refractivity contribution in [1.82, 2.24) is 10.4 Å². The van der Waals surface area contributed by atoms with E-state index >= 15 is 0 Å². The first-order valence-electron chi connectivity index (χ1n) is 5.37. The maximum Gasteiger partial charge on any atom is 0.0136 e. The Morgan fingerprint density at radius 2 is 1.79 bits per heavy atom. The summed E-state index contributed by atoms with van der Waals surface area (Å²) in [5.74, 6) is 0.765. The van der Waals surface area contributed by atoms with Gasteiger partial charge < -0.3 is 0 Å². The number of piperidine rings is 1. The van der Waals surface area contributed by atoms with Crippen molar-refractivity contribution in [2.45, 2.75) is 18.8 Å². The molecular weight excluding hydrogens is 172 g/mol. The minimum absolute atomic E-state index is 0.765. The van der Waals surface area contributed by atoms with E-state index in [1.54, 1.807) is 0 Å². The predicted molar refractivity (Wildman–Crippen MR) is 59.0 cm³/mol. The molecule has 1 saturated heterocycles. The second-order valence-corrected chi connectivity index (χ2v) is 3.90. The molecular formula is C12H18N2. The van der Waals surface area contributed by atoms with Gasteiger partial charge in [0, 0.05) is 13.1 Å². The van der Waals surface area contributed by atoms with Crippen molar-refractivity contribution in [3.63, 3.8) is 0 Å². The molecule has 2 heteroatoms. The Bertz CT molecular complexity index is 263. The molecule has 0 unspecified atom stereocenters. The van der Waals surface area contributed by atoms with E-state index in [9.17, 15) is 0 Å². The van der Waals surface area contributed by atoms with Crippen LogP contribution in [0, 0.1) is 0 Å². The highest BCUT2D eigenvalue weighted by Gasteiger charge is 2.18. The van der Waals surface area contributed by atoms with Gasteiger partial charge in [0.05, 0.1) is 0 Å². The van der Waals surface area contributed by atoms with Crippen LogP contribution < -0.4 is 5.43 Å². The Kier molecular flexibility index (Phi) is 3.17. The summed E-state index contributed by atoms with van der Waals surface area (Å²) in [5, 5.41) is 2.29. The van der Waals surface area contributed by atoms with Crippen LogP contribution in [-0.2, 0) is 0 Å². The van der Waals surface area contributed by atoms with Crippen molar-refractivity contribution in [3.05, 3.63) is 35.9 Å². The Morgan fingerprint density at radius 1 is 1.14 bits per heavy atom. The van der Waals surface area contributed by atoms with Crippen molar-refractivity contribution in [1.29, 1.82) is 0 Å². The van der Waals surface area contributed by atoms with Gasteiger partial charge in [0.15, 0.2) is 0 Å². The third kappa shape index (κ3) is 2.14. The number of benzene rings is 1. The lowest BCUT2D eigenvalue weighted by Crippen LogP contribution is -2.40. The van der Waals surface area contributed by atoms with Gasteiger partial charge >= 0.3 is 0 Å². The maximum atomic E-state index is 3.21. The summed E-state index contributed by atoms with van der Waals surface area (Å²) in [6.45, 7) is 2.33. The minimum atomic E-state index is 0.765. The van der Waals surface area contributed by atoms with Gasteiger partial charge in [0.2, 0.25) is 0 Å². The molecule has 0 amide bonds.